The van der Waals surface area contributed by atoms with Gasteiger partial charge < -0.3 is 61.6 Å². The second-order valence-electron chi connectivity index (χ2n) is 12.0. The second-order valence-corrected chi connectivity index (χ2v) is 12.0. The Bertz CT molecular complexity index is 1460. The highest BCUT2D eigenvalue weighted by atomic mass is 19.2. The summed E-state index contributed by atoms with van der Waals surface area (Å²) in [4.78, 5) is 23.3. The highest BCUT2D eigenvalue weighted by Gasteiger charge is 2.29. The normalized spacial score (nSPS) is 11.5. The Morgan fingerprint density at radius 2 is 0.381 bits per heavy atom. The minimum absolute atomic E-state index is 0.0518. The minimum atomic E-state index is -2.37. The molecule has 0 radical (unpaired) electrons. The lowest BCUT2D eigenvalue weighted by atomic mass is 10.2. The molecule has 0 aliphatic carbocycles. The van der Waals surface area contributed by atoms with E-state index in [2.05, 4.69) is 9.47 Å². The molecule has 2 aromatic rings. The lowest BCUT2D eigenvalue weighted by molar-refractivity contribution is -0.137. The first-order valence-corrected chi connectivity index (χ1v) is 19.2. The van der Waals surface area contributed by atoms with Crippen LogP contribution >= 0.6 is 0 Å². The van der Waals surface area contributed by atoms with Gasteiger partial charge in [0.2, 0.25) is 69.7 Å². The van der Waals surface area contributed by atoms with E-state index in [1.54, 1.807) is 0 Å². The topological polar surface area (TPSA) is 154 Å². The summed E-state index contributed by atoms with van der Waals surface area (Å²) < 4.78 is 200. The maximum Gasteiger partial charge on any atom is 0.313 e. The average molecular weight is 935 g/mol. The smallest absolute Gasteiger partial charge is 0.313 e. The van der Waals surface area contributed by atoms with E-state index < -0.39 is 94.5 Å². The summed E-state index contributed by atoms with van der Waals surface area (Å²) in [6.07, 6.45) is -1.02. The molecule has 25 heteroatoms. The molecular weight excluding hydrogens is 886 g/mol. The van der Waals surface area contributed by atoms with Crippen molar-refractivity contribution in [3.63, 3.8) is 0 Å². The SMILES string of the molecule is O=C(CCOCCOCCOCCOCCOCCOCCOCCOCCOCCOCCOCCC(=O)Oc1c(F)c(F)c(F)c(F)c1F)Oc1c(F)c(F)c(F)c(F)c1F. The minimum Gasteiger partial charge on any atom is -0.420 e. The second kappa shape index (κ2) is 33.7. The first kappa shape index (κ1) is 55.4. The number of ether oxygens (including phenoxy) is 13. The van der Waals surface area contributed by atoms with Crippen LogP contribution in [0.1, 0.15) is 12.8 Å². The Labute approximate surface area is 354 Å². The summed E-state index contributed by atoms with van der Waals surface area (Å²) in [6, 6.07) is 0. The van der Waals surface area contributed by atoms with Crippen molar-refractivity contribution in [1.82, 2.24) is 0 Å². The third-order valence-corrected chi connectivity index (χ3v) is 7.39. The molecule has 0 aromatic heterocycles. The fourth-order valence-corrected chi connectivity index (χ4v) is 4.29. The molecule has 2 rings (SSSR count). The van der Waals surface area contributed by atoms with Gasteiger partial charge >= 0.3 is 11.9 Å². The molecular formula is C38H48F10O15. The van der Waals surface area contributed by atoms with Crippen LogP contribution in [0.3, 0.4) is 0 Å². The van der Waals surface area contributed by atoms with Crippen LogP contribution in [-0.2, 0) is 61.7 Å². The first-order chi connectivity index (χ1) is 30.4. The van der Waals surface area contributed by atoms with Gasteiger partial charge in [0.1, 0.15) is 0 Å². The van der Waals surface area contributed by atoms with Crippen molar-refractivity contribution in [2.24, 2.45) is 0 Å². The van der Waals surface area contributed by atoms with Crippen molar-refractivity contribution in [2.45, 2.75) is 12.8 Å². The van der Waals surface area contributed by atoms with Crippen LogP contribution in [0.5, 0.6) is 11.5 Å². The van der Waals surface area contributed by atoms with Crippen molar-refractivity contribution in [3.8, 4) is 11.5 Å². The number of hydrogen-bond acceptors (Lipinski definition) is 15. The van der Waals surface area contributed by atoms with Gasteiger partial charge in [-0.2, -0.15) is 17.6 Å². The summed E-state index contributed by atoms with van der Waals surface area (Å²) >= 11 is 0. The van der Waals surface area contributed by atoms with Gasteiger partial charge in [-0.25, -0.2) is 26.3 Å². The van der Waals surface area contributed by atoms with Gasteiger partial charge in [0, 0.05) is 0 Å². The number of benzene rings is 2. The Balaban J connectivity index is 1.22. The quantitative estimate of drug-likeness (QED) is 0.0231. The molecule has 0 aliphatic heterocycles. The Kier molecular flexibility index (Phi) is 29.6. The van der Waals surface area contributed by atoms with Crippen molar-refractivity contribution in [3.05, 3.63) is 58.2 Å². The van der Waals surface area contributed by atoms with Gasteiger partial charge in [0.05, 0.1) is 158 Å². The summed E-state index contributed by atoms with van der Waals surface area (Å²) in [5.41, 5.74) is 0. The molecule has 0 saturated carbocycles. The maximum atomic E-state index is 13.6. The molecule has 0 atom stereocenters. The molecule has 0 heterocycles. The highest BCUT2D eigenvalue weighted by molar-refractivity contribution is 5.73. The van der Waals surface area contributed by atoms with Crippen LogP contribution in [0, 0.1) is 58.2 Å². The molecule has 0 unspecified atom stereocenters. The van der Waals surface area contributed by atoms with Crippen LogP contribution in [0.4, 0.5) is 43.9 Å². The number of halogens is 10. The molecule has 0 N–H and O–H groups in total. The Morgan fingerprint density at radius 1 is 0.238 bits per heavy atom. The lowest BCUT2D eigenvalue weighted by Gasteiger charge is -2.09. The third kappa shape index (κ3) is 22.6. The summed E-state index contributed by atoms with van der Waals surface area (Å²) in [6.45, 7) is 5.10. The lowest BCUT2D eigenvalue weighted by Crippen LogP contribution is -2.17. The standard InChI is InChI=1S/C38H48F10O15/c39-27-29(41)33(45)37(34(46)30(27)42)62-25(49)1-3-51-5-7-53-9-11-55-13-15-57-17-19-59-21-23-61-24-22-60-20-18-58-16-14-56-12-10-54-8-6-52-4-2-26(50)63-38-35(47)31(43)28(40)32(44)36(38)48/h1-24H2. The third-order valence-electron chi connectivity index (χ3n) is 7.39. The summed E-state index contributed by atoms with van der Waals surface area (Å²) in [7, 11) is 0. The Hall–Kier alpha value is -3.76. The molecule has 63 heavy (non-hydrogen) atoms. The van der Waals surface area contributed by atoms with E-state index >= 15 is 0 Å². The van der Waals surface area contributed by atoms with Crippen molar-refractivity contribution >= 4 is 11.9 Å². The molecule has 0 spiro atoms. The summed E-state index contributed by atoms with van der Waals surface area (Å²) in [5.74, 6) is -28.5. The monoisotopic (exact) mass is 934 g/mol. The van der Waals surface area contributed by atoms with E-state index in [1.165, 1.54) is 0 Å². The molecule has 15 nitrogen and oxygen atoms in total. The van der Waals surface area contributed by atoms with E-state index in [0.29, 0.717) is 79.3 Å². The number of esters is 2. The van der Waals surface area contributed by atoms with Gasteiger partial charge in [0.25, 0.3) is 0 Å². The van der Waals surface area contributed by atoms with Crippen molar-refractivity contribution in [1.29, 1.82) is 0 Å². The average Bonchev–Trinajstić information content (AvgIpc) is 3.27. The number of carbonyl (C=O) groups excluding carboxylic acids is 2. The molecule has 0 aliphatic rings. The number of carbonyl (C=O) groups is 2. The molecule has 0 amide bonds. The predicted octanol–water partition coefficient (Wildman–Crippen LogP) is 4.55. The zero-order chi connectivity index (χ0) is 46.2. The maximum absolute atomic E-state index is 13.6. The van der Waals surface area contributed by atoms with Gasteiger partial charge in [-0.05, 0) is 0 Å². The van der Waals surface area contributed by atoms with Gasteiger partial charge in [-0.15, -0.1) is 0 Å². The van der Waals surface area contributed by atoms with Crippen molar-refractivity contribution in [2.75, 3.05) is 145 Å². The molecule has 360 valence electrons. The van der Waals surface area contributed by atoms with Gasteiger partial charge in [-0.1, -0.05) is 0 Å². The highest BCUT2D eigenvalue weighted by Crippen LogP contribution is 2.30. The fourth-order valence-electron chi connectivity index (χ4n) is 4.29. The van der Waals surface area contributed by atoms with Crippen LogP contribution in [0.2, 0.25) is 0 Å². The van der Waals surface area contributed by atoms with Gasteiger partial charge in [-0.3, -0.25) is 9.59 Å². The number of hydrogen-bond donors (Lipinski definition) is 0. The first-order valence-electron chi connectivity index (χ1n) is 19.2. The zero-order valence-electron chi connectivity index (χ0n) is 33.9. The van der Waals surface area contributed by atoms with Crippen LogP contribution in [0.25, 0.3) is 0 Å². The summed E-state index contributed by atoms with van der Waals surface area (Å²) in [5, 5.41) is 0. The predicted molar refractivity (Wildman–Crippen MR) is 192 cm³/mol. The zero-order valence-corrected chi connectivity index (χ0v) is 33.9. The molecule has 0 saturated heterocycles. The molecule has 0 fully saturated rings. The van der Waals surface area contributed by atoms with E-state index in [-0.39, 0.29) is 66.1 Å². The van der Waals surface area contributed by atoms with E-state index in [9.17, 15) is 53.5 Å². The van der Waals surface area contributed by atoms with Gasteiger partial charge in [0.15, 0.2) is 0 Å². The van der Waals surface area contributed by atoms with Crippen LogP contribution in [-0.4, -0.2) is 157 Å². The van der Waals surface area contributed by atoms with E-state index in [0.717, 1.165) is 0 Å². The largest absolute Gasteiger partial charge is 0.420 e. The van der Waals surface area contributed by atoms with Crippen LogP contribution < -0.4 is 9.47 Å². The number of rotatable bonds is 38. The Morgan fingerprint density at radius 3 is 0.556 bits per heavy atom. The van der Waals surface area contributed by atoms with Crippen LogP contribution in [0.15, 0.2) is 0 Å². The molecule has 0 bridgehead atoms. The fraction of sp³-hybridized carbons (Fsp3) is 0.632. The van der Waals surface area contributed by atoms with E-state index in [4.69, 9.17) is 52.1 Å². The van der Waals surface area contributed by atoms with E-state index in [1.807, 2.05) is 0 Å². The van der Waals surface area contributed by atoms with Crippen molar-refractivity contribution < 1.29 is 115 Å². The molecule has 2 aromatic carbocycles.